The van der Waals surface area contributed by atoms with Crippen molar-refractivity contribution in [3.63, 3.8) is 0 Å². The number of carbonyl (C=O) groups is 1. The summed E-state index contributed by atoms with van der Waals surface area (Å²) in [4.78, 5) is 12.7. The first kappa shape index (κ1) is 23.8. The second-order valence-electron chi connectivity index (χ2n) is 7.57. The van der Waals surface area contributed by atoms with E-state index in [0.717, 1.165) is 27.0 Å². The molecule has 0 bridgehead atoms. The van der Waals surface area contributed by atoms with E-state index in [-0.39, 0.29) is 5.91 Å². The predicted octanol–water partition coefficient (Wildman–Crippen LogP) is 6.77. The van der Waals surface area contributed by atoms with Gasteiger partial charge in [-0.15, -0.1) is 0 Å². The lowest BCUT2D eigenvalue weighted by atomic mass is 10.1. The molecule has 0 radical (unpaired) electrons. The number of nitrogens with one attached hydrogen (secondary N) is 1. The van der Waals surface area contributed by atoms with Crippen molar-refractivity contribution >= 4 is 62.5 Å². The number of nitrogens with zero attached hydrogens (tertiary/aromatic N) is 4. The van der Waals surface area contributed by atoms with Gasteiger partial charge in [0.2, 0.25) is 0 Å². The van der Waals surface area contributed by atoms with Crippen molar-refractivity contribution < 1.29 is 4.79 Å². The number of aryl methyl sites for hydroxylation is 1. The molecule has 0 aliphatic rings. The highest BCUT2D eigenvalue weighted by Gasteiger charge is 2.14. The van der Waals surface area contributed by atoms with Crippen molar-refractivity contribution in [3.05, 3.63) is 96.3 Å². The third-order valence-electron chi connectivity index (χ3n) is 5.12. The number of anilines is 1. The molecule has 4 rings (SSSR count). The van der Waals surface area contributed by atoms with E-state index in [1.54, 1.807) is 35.1 Å². The third kappa shape index (κ3) is 5.44. The van der Waals surface area contributed by atoms with E-state index in [9.17, 15) is 4.79 Å². The van der Waals surface area contributed by atoms with E-state index >= 15 is 0 Å². The second-order valence-corrected chi connectivity index (χ2v) is 9.58. The lowest BCUT2D eigenvalue weighted by Gasteiger charge is -2.07. The molecule has 0 aliphatic carbocycles. The van der Waals surface area contributed by atoms with Crippen molar-refractivity contribution in [2.75, 3.05) is 5.32 Å². The van der Waals surface area contributed by atoms with Crippen molar-refractivity contribution in [2.45, 2.75) is 26.9 Å². The number of amides is 1. The standard InChI is InChI=1S/C23H19BrCl3N5O/c1-13-21(24)14(2)32(29-13)11-15-3-6-17(7-4-15)23(33)28-22-20(27)12-31(30-22)10-16-5-8-18(25)19(26)9-16/h3-9,12H,10-11H2,1-2H3,(H,28,30,33). The zero-order chi connectivity index (χ0) is 23.7. The highest BCUT2D eigenvalue weighted by atomic mass is 79.9. The predicted molar refractivity (Wildman–Crippen MR) is 136 cm³/mol. The van der Waals surface area contributed by atoms with Crippen LogP contribution < -0.4 is 5.32 Å². The minimum Gasteiger partial charge on any atom is -0.304 e. The van der Waals surface area contributed by atoms with Crippen LogP contribution in [0.5, 0.6) is 0 Å². The van der Waals surface area contributed by atoms with E-state index in [0.29, 0.717) is 39.5 Å². The summed E-state index contributed by atoms with van der Waals surface area (Å²) in [6.07, 6.45) is 1.65. The molecule has 0 atom stereocenters. The van der Waals surface area contributed by atoms with Gasteiger partial charge in [0.25, 0.3) is 5.91 Å². The number of hydrogen-bond acceptors (Lipinski definition) is 3. The fourth-order valence-corrected chi connectivity index (χ4v) is 4.13. The highest BCUT2D eigenvalue weighted by molar-refractivity contribution is 9.10. The topological polar surface area (TPSA) is 64.7 Å². The molecule has 1 amide bonds. The monoisotopic (exact) mass is 565 g/mol. The first-order chi connectivity index (χ1) is 15.7. The summed E-state index contributed by atoms with van der Waals surface area (Å²) < 4.78 is 4.57. The molecule has 4 aromatic rings. The van der Waals surface area contributed by atoms with Crippen LogP contribution in [-0.2, 0) is 13.1 Å². The largest absolute Gasteiger partial charge is 0.304 e. The molecule has 33 heavy (non-hydrogen) atoms. The van der Waals surface area contributed by atoms with Gasteiger partial charge >= 0.3 is 0 Å². The summed E-state index contributed by atoms with van der Waals surface area (Å²) in [5, 5.41) is 13.0. The molecule has 0 saturated heterocycles. The lowest BCUT2D eigenvalue weighted by molar-refractivity contribution is 0.102. The molecule has 0 aliphatic heterocycles. The molecule has 170 valence electrons. The van der Waals surface area contributed by atoms with Gasteiger partial charge < -0.3 is 5.32 Å². The molecule has 0 saturated carbocycles. The molecule has 10 heteroatoms. The molecular weight excluding hydrogens is 549 g/mol. The number of rotatable bonds is 6. The fourth-order valence-electron chi connectivity index (χ4n) is 3.33. The number of halogens is 4. The Balaban J connectivity index is 1.42. The average Bonchev–Trinajstić information content (AvgIpc) is 3.24. The molecule has 2 aromatic heterocycles. The minimum absolute atomic E-state index is 0.290. The molecule has 6 nitrogen and oxygen atoms in total. The van der Waals surface area contributed by atoms with Gasteiger partial charge in [0.05, 0.1) is 39.0 Å². The molecule has 0 spiro atoms. The Morgan fingerprint density at radius 1 is 0.939 bits per heavy atom. The first-order valence-corrected chi connectivity index (χ1v) is 11.9. The maximum Gasteiger partial charge on any atom is 0.256 e. The molecule has 0 fully saturated rings. The van der Waals surface area contributed by atoms with Gasteiger partial charge in [-0.3, -0.25) is 14.2 Å². The molecule has 2 heterocycles. The Hall–Kier alpha value is -2.32. The molecule has 2 aromatic carbocycles. The molecule has 1 N–H and O–H groups in total. The summed E-state index contributed by atoms with van der Waals surface area (Å²) in [6, 6.07) is 12.7. The zero-order valence-corrected chi connectivity index (χ0v) is 21.6. The van der Waals surface area contributed by atoms with Gasteiger partial charge in [0, 0.05) is 11.8 Å². The Morgan fingerprint density at radius 2 is 1.64 bits per heavy atom. The number of hydrogen-bond donors (Lipinski definition) is 1. The van der Waals surface area contributed by atoms with E-state index in [1.807, 2.05) is 36.7 Å². The van der Waals surface area contributed by atoms with E-state index in [2.05, 4.69) is 31.4 Å². The van der Waals surface area contributed by atoms with Gasteiger partial charge in [0.1, 0.15) is 5.02 Å². The quantitative estimate of drug-likeness (QED) is 0.280. The van der Waals surface area contributed by atoms with Crippen molar-refractivity contribution in [2.24, 2.45) is 0 Å². The Morgan fingerprint density at radius 3 is 2.27 bits per heavy atom. The van der Waals surface area contributed by atoms with Gasteiger partial charge in [-0.2, -0.15) is 10.2 Å². The van der Waals surface area contributed by atoms with Crippen molar-refractivity contribution in [1.82, 2.24) is 19.6 Å². The summed E-state index contributed by atoms with van der Waals surface area (Å²) in [6.45, 7) is 5.02. The van der Waals surface area contributed by atoms with Gasteiger partial charge in [0.15, 0.2) is 5.82 Å². The van der Waals surface area contributed by atoms with Crippen LogP contribution in [0.4, 0.5) is 5.82 Å². The van der Waals surface area contributed by atoms with Gasteiger partial charge in [-0.1, -0.05) is 53.0 Å². The number of carbonyl (C=O) groups excluding carboxylic acids is 1. The maximum atomic E-state index is 12.7. The van der Waals surface area contributed by atoms with Crippen LogP contribution in [0.15, 0.2) is 53.1 Å². The van der Waals surface area contributed by atoms with Crippen LogP contribution in [0.3, 0.4) is 0 Å². The zero-order valence-electron chi connectivity index (χ0n) is 17.7. The summed E-state index contributed by atoms with van der Waals surface area (Å²) in [5.74, 6) is -0.00427. The summed E-state index contributed by atoms with van der Waals surface area (Å²) in [7, 11) is 0. The summed E-state index contributed by atoms with van der Waals surface area (Å²) >= 11 is 21.9. The SMILES string of the molecule is Cc1nn(Cc2ccc(C(=O)Nc3nn(Cc4ccc(Cl)c(Cl)c4)cc3Cl)cc2)c(C)c1Br. The van der Waals surface area contributed by atoms with E-state index < -0.39 is 0 Å². The maximum absolute atomic E-state index is 12.7. The normalized spacial score (nSPS) is 11.1. The van der Waals surface area contributed by atoms with E-state index in [4.69, 9.17) is 34.8 Å². The van der Waals surface area contributed by atoms with Crippen LogP contribution in [-0.4, -0.2) is 25.5 Å². The van der Waals surface area contributed by atoms with Gasteiger partial charge in [-0.05, 0) is 65.2 Å². The van der Waals surface area contributed by atoms with Crippen LogP contribution in [0.1, 0.15) is 32.9 Å². The Bertz CT molecular complexity index is 1330. The highest BCUT2D eigenvalue weighted by Crippen LogP contribution is 2.25. The van der Waals surface area contributed by atoms with Gasteiger partial charge in [-0.25, -0.2) is 0 Å². The van der Waals surface area contributed by atoms with Crippen molar-refractivity contribution in [1.29, 1.82) is 0 Å². The molecular formula is C23H19BrCl3N5O. The average molecular weight is 568 g/mol. The van der Waals surface area contributed by atoms with Crippen LogP contribution >= 0.6 is 50.7 Å². The van der Waals surface area contributed by atoms with Crippen molar-refractivity contribution in [3.8, 4) is 0 Å². The lowest BCUT2D eigenvalue weighted by Crippen LogP contribution is -2.13. The fraction of sp³-hybridized carbons (Fsp3) is 0.174. The Kier molecular flexibility index (Phi) is 7.14. The minimum atomic E-state index is -0.294. The number of aromatic nitrogens is 4. The molecule has 0 unspecified atom stereocenters. The van der Waals surface area contributed by atoms with Crippen LogP contribution in [0.25, 0.3) is 0 Å². The van der Waals surface area contributed by atoms with E-state index in [1.165, 1.54) is 0 Å². The van der Waals surface area contributed by atoms with Crippen LogP contribution in [0.2, 0.25) is 15.1 Å². The van der Waals surface area contributed by atoms with Crippen LogP contribution in [0, 0.1) is 13.8 Å². The first-order valence-electron chi connectivity index (χ1n) is 9.98. The number of benzene rings is 2. The smallest absolute Gasteiger partial charge is 0.256 e. The summed E-state index contributed by atoms with van der Waals surface area (Å²) in [5.41, 5.74) is 4.45. The Labute approximate surface area is 214 Å². The second kappa shape index (κ2) is 9.89. The third-order valence-corrected chi connectivity index (χ3v) is 7.28.